The third-order valence-electron chi connectivity index (χ3n) is 2.88. The van der Waals surface area contributed by atoms with Crippen molar-refractivity contribution in [3.63, 3.8) is 0 Å². The van der Waals surface area contributed by atoms with Gasteiger partial charge in [-0.2, -0.15) is 0 Å². The van der Waals surface area contributed by atoms with Gasteiger partial charge in [0.2, 0.25) is 0 Å². The third-order valence-corrected chi connectivity index (χ3v) is 3.25. The highest BCUT2D eigenvalue weighted by molar-refractivity contribution is 6.30. The van der Waals surface area contributed by atoms with Gasteiger partial charge in [0.15, 0.2) is 0 Å². The van der Waals surface area contributed by atoms with E-state index in [1.54, 1.807) is 19.1 Å². The zero-order chi connectivity index (χ0) is 13.3. The van der Waals surface area contributed by atoms with Gasteiger partial charge in [-0.05, 0) is 37.6 Å². The second kappa shape index (κ2) is 5.02. The minimum Gasteiger partial charge on any atom is -0.233 e. The van der Waals surface area contributed by atoms with E-state index in [2.05, 4.69) is 9.97 Å². The highest BCUT2D eigenvalue weighted by Gasteiger charge is 2.11. The lowest BCUT2D eigenvalue weighted by atomic mass is 10.1. The van der Waals surface area contributed by atoms with Gasteiger partial charge in [-0.3, -0.25) is 0 Å². The third kappa shape index (κ3) is 2.36. The summed E-state index contributed by atoms with van der Waals surface area (Å²) in [7, 11) is 0. The van der Waals surface area contributed by atoms with Crippen LogP contribution in [0, 0.1) is 19.7 Å². The van der Waals surface area contributed by atoms with Gasteiger partial charge in [0.1, 0.15) is 16.8 Å². The fourth-order valence-corrected chi connectivity index (χ4v) is 1.95. The Balaban J connectivity index is 2.62. The number of hydrogen-bond donors (Lipinski definition) is 0. The molecule has 0 bridgehead atoms. The lowest BCUT2D eigenvalue weighted by Crippen LogP contribution is -2.00. The van der Waals surface area contributed by atoms with Crippen molar-refractivity contribution >= 4 is 11.6 Å². The second-order valence-corrected chi connectivity index (χ2v) is 4.58. The molecule has 1 aromatic carbocycles. The van der Waals surface area contributed by atoms with Crippen LogP contribution in [0.25, 0.3) is 11.3 Å². The predicted octanol–water partition coefficient (Wildman–Crippen LogP) is 4.12. The summed E-state index contributed by atoms with van der Waals surface area (Å²) >= 11 is 6.09. The summed E-state index contributed by atoms with van der Waals surface area (Å²) in [5.74, 6) is 0.481. The number of aromatic nitrogens is 2. The summed E-state index contributed by atoms with van der Waals surface area (Å²) in [6, 6.07) is 4.94. The zero-order valence-electron chi connectivity index (χ0n) is 10.6. The summed E-state index contributed by atoms with van der Waals surface area (Å²) in [4.78, 5) is 8.67. The topological polar surface area (TPSA) is 25.8 Å². The van der Waals surface area contributed by atoms with Gasteiger partial charge in [0.25, 0.3) is 0 Å². The number of benzene rings is 1. The largest absolute Gasteiger partial charge is 0.233 e. The number of aryl methyl sites for hydroxylation is 2. The molecule has 0 atom stereocenters. The van der Waals surface area contributed by atoms with Gasteiger partial charge in [-0.15, -0.1) is 0 Å². The molecule has 1 heterocycles. The molecule has 4 heteroatoms. The van der Waals surface area contributed by atoms with Crippen molar-refractivity contribution in [1.29, 1.82) is 0 Å². The van der Waals surface area contributed by atoms with E-state index in [-0.39, 0.29) is 5.82 Å². The average molecular weight is 265 g/mol. The average Bonchev–Trinajstić information content (AvgIpc) is 2.36. The molecule has 0 saturated carbocycles. The van der Waals surface area contributed by atoms with E-state index in [0.29, 0.717) is 23.0 Å². The molecule has 0 aliphatic heterocycles. The maximum atomic E-state index is 13.3. The SMILES string of the molecule is CCc1nc(Cl)c(C)c(-c2ccc(F)c(C)c2)n1. The molecule has 0 unspecified atom stereocenters. The summed E-state index contributed by atoms with van der Waals surface area (Å²) in [6.07, 6.45) is 0.715. The maximum Gasteiger partial charge on any atom is 0.136 e. The van der Waals surface area contributed by atoms with Gasteiger partial charge >= 0.3 is 0 Å². The van der Waals surface area contributed by atoms with Crippen LogP contribution in [-0.4, -0.2) is 9.97 Å². The van der Waals surface area contributed by atoms with Gasteiger partial charge in [-0.1, -0.05) is 18.5 Å². The Labute approximate surface area is 111 Å². The molecule has 0 fully saturated rings. The Morgan fingerprint density at radius 3 is 2.56 bits per heavy atom. The highest BCUT2D eigenvalue weighted by Crippen LogP contribution is 2.27. The summed E-state index contributed by atoms with van der Waals surface area (Å²) in [5, 5.41) is 0.457. The quantitative estimate of drug-likeness (QED) is 0.763. The van der Waals surface area contributed by atoms with E-state index in [9.17, 15) is 4.39 Å². The molecule has 94 valence electrons. The first-order valence-electron chi connectivity index (χ1n) is 5.82. The first-order valence-corrected chi connectivity index (χ1v) is 6.20. The standard InChI is InChI=1S/C14H14ClFN2/c1-4-12-17-13(9(3)14(15)18-12)10-5-6-11(16)8(2)7-10/h5-7H,4H2,1-3H3. The van der Waals surface area contributed by atoms with E-state index < -0.39 is 0 Å². The minimum absolute atomic E-state index is 0.215. The number of nitrogens with zero attached hydrogens (tertiary/aromatic N) is 2. The normalized spacial score (nSPS) is 10.7. The number of hydrogen-bond acceptors (Lipinski definition) is 2. The van der Waals surface area contributed by atoms with Crippen molar-refractivity contribution in [2.75, 3.05) is 0 Å². The Morgan fingerprint density at radius 1 is 1.22 bits per heavy atom. The highest BCUT2D eigenvalue weighted by atomic mass is 35.5. The summed E-state index contributed by atoms with van der Waals surface area (Å²) in [6.45, 7) is 5.58. The van der Waals surface area contributed by atoms with E-state index in [0.717, 1.165) is 16.8 Å². The number of halogens is 2. The molecule has 0 aliphatic carbocycles. The van der Waals surface area contributed by atoms with Gasteiger partial charge < -0.3 is 0 Å². The van der Waals surface area contributed by atoms with Crippen LogP contribution in [0.15, 0.2) is 18.2 Å². The molecular weight excluding hydrogens is 251 g/mol. The monoisotopic (exact) mass is 264 g/mol. The summed E-state index contributed by atoms with van der Waals surface area (Å²) < 4.78 is 13.3. The molecule has 0 amide bonds. The molecule has 2 rings (SSSR count). The van der Waals surface area contributed by atoms with Gasteiger partial charge in [0.05, 0.1) is 5.69 Å². The molecular formula is C14H14ClFN2. The minimum atomic E-state index is -0.215. The molecule has 0 N–H and O–H groups in total. The van der Waals surface area contributed by atoms with Crippen LogP contribution >= 0.6 is 11.6 Å². The van der Waals surface area contributed by atoms with Gasteiger partial charge in [0, 0.05) is 17.5 Å². The Kier molecular flexibility index (Phi) is 3.62. The molecule has 1 aromatic heterocycles. The van der Waals surface area contributed by atoms with Gasteiger partial charge in [-0.25, -0.2) is 14.4 Å². The summed E-state index contributed by atoms with van der Waals surface area (Å²) in [5.41, 5.74) is 3.06. The molecule has 0 spiro atoms. The molecule has 18 heavy (non-hydrogen) atoms. The lowest BCUT2D eigenvalue weighted by molar-refractivity contribution is 0.618. The van der Waals surface area contributed by atoms with Crippen LogP contribution in [0.5, 0.6) is 0 Å². The number of rotatable bonds is 2. The van der Waals surface area contributed by atoms with Crippen molar-refractivity contribution in [3.8, 4) is 11.3 Å². The van der Waals surface area contributed by atoms with Crippen LogP contribution in [0.4, 0.5) is 4.39 Å². The first-order chi connectivity index (χ1) is 8.52. The van der Waals surface area contributed by atoms with Crippen molar-refractivity contribution < 1.29 is 4.39 Å². The van der Waals surface area contributed by atoms with E-state index in [1.807, 2.05) is 13.8 Å². The Morgan fingerprint density at radius 2 is 1.94 bits per heavy atom. The van der Waals surface area contributed by atoms with E-state index in [1.165, 1.54) is 6.07 Å². The van der Waals surface area contributed by atoms with Crippen LogP contribution in [-0.2, 0) is 6.42 Å². The van der Waals surface area contributed by atoms with Crippen LogP contribution in [0.2, 0.25) is 5.15 Å². The molecule has 0 saturated heterocycles. The van der Waals surface area contributed by atoms with Crippen LogP contribution in [0.3, 0.4) is 0 Å². The smallest absolute Gasteiger partial charge is 0.136 e. The van der Waals surface area contributed by atoms with Crippen molar-refractivity contribution in [2.45, 2.75) is 27.2 Å². The molecule has 0 radical (unpaired) electrons. The Bertz CT molecular complexity index is 597. The molecule has 2 aromatic rings. The van der Waals surface area contributed by atoms with Crippen molar-refractivity contribution in [1.82, 2.24) is 9.97 Å². The Hall–Kier alpha value is -1.48. The fraction of sp³-hybridized carbons (Fsp3) is 0.286. The first kappa shape index (κ1) is 13.0. The van der Waals surface area contributed by atoms with E-state index in [4.69, 9.17) is 11.6 Å². The fourth-order valence-electron chi connectivity index (χ4n) is 1.76. The van der Waals surface area contributed by atoms with Crippen molar-refractivity contribution in [2.24, 2.45) is 0 Å². The van der Waals surface area contributed by atoms with Crippen LogP contribution in [0.1, 0.15) is 23.9 Å². The second-order valence-electron chi connectivity index (χ2n) is 4.22. The van der Waals surface area contributed by atoms with E-state index >= 15 is 0 Å². The van der Waals surface area contributed by atoms with Crippen LogP contribution < -0.4 is 0 Å². The van der Waals surface area contributed by atoms with Crippen molar-refractivity contribution in [3.05, 3.63) is 46.1 Å². The molecule has 2 nitrogen and oxygen atoms in total. The maximum absolute atomic E-state index is 13.3. The lowest BCUT2D eigenvalue weighted by Gasteiger charge is -2.09. The predicted molar refractivity (Wildman–Crippen MR) is 71.3 cm³/mol. The molecule has 0 aliphatic rings. The zero-order valence-corrected chi connectivity index (χ0v) is 11.3.